The fourth-order valence-electron chi connectivity index (χ4n) is 8.13. The highest BCUT2D eigenvalue weighted by Gasteiger charge is 2.57. The van der Waals surface area contributed by atoms with Gasteiger partial charge in [0.1, 0.15) is 5.84 Å². The first kappa shape index (κ1) is 20.0. The summed E-state index contributed by atoms with van der Waals surface area (Å²) in [5.41, 5.74) is 0.615. The van der Waals surface area contributed by atoms with E-state index >= 15 is 0 Å². The number of carbonyl (C=O) groups excluding carboxylic acids is 1. The molecule has 4 aliphatic carbocycles. The van der Waals surface area contributed by atoms with Crippen LogP contribution in [0.3, 0.4) is 0 Å². The lowest BCUT2D eigenvalue weighted by Gasteiger charge is -2.55. The van der Waals surface area contributed by atoms with Crippen LogP contribution >= 0.6 is 0 Å². The summed E-state index contributed by atoms with van der Waals surface area (Å²) >= 11 is 0. The third-order valence-electron chi connectivity index (χ3n) is 9.04. The van der Waals surface area contributed by atoms with E-state index in [-0.39, 0.29) is 17.5 Å². The third kappa shape index (κ3) is 3.20. The van der Waals surface area contributed by atoms with Gasteiger partial charge in [-0.15, -0.1) is 0 Å². The molecule has 2 aliphatic heterocycles. The number of nitrogens with zero attached hydrogens (tertiary/aromatic N) is 3. The quantitative estimate of drug-likeness (QED) is 0.668. The number of piperidine rings is 1. The Labute approximate surface area is 187 Å². The smallest absolute Gasteiger partial charge is 0.240 e. The van der Waals surface area contributed by atoms with E-state index in [1.54, 1.807) is 0 Å². The zero-order chi connectivity index (χ0) is 21.2. The maximum atomic E-state index is 13.9. The van der Waals surface area contributed by atoms with Gasteiger partial charge in [0.05, 0.1) is 22.7 Å². The molecule has 31 heavy (non-hydrogen) atoms. The molecular formula is C27H37N3O. The van der Waals surface area contributed by atoms with E-state index in [4.69, 9.17) is 4.99 Å². The van der Waals surface area contributed by atoms with Crippen LogP contribution in [0, 0.1) is 23.2 Å². The zero-order valence-electron chi connectivity index (χ0n) is 19.2. The van der Waals surface area contributed by atoms with E-state index in [1.807, 2.05) is 23.1 Å². The first-order chi connectivity index (χ1) is 15.0. The highest BCUT2D eigenvalue weighted by atomic mass is 16.2. The summed E-state index contributed by atoms with van der Waals surface area (Å²) < 4.78 is 0. The molecule has 0 radical (unpaired) electrons. The number of para-hydroxylation sites is 1. The van der Waals surface area contributed by atoms with Gasteiger partial charge in [0.2, 0.25) is 5.91 Å². The van der Waals surface area contributed by atoms with Gasteiger partial charge < -0.3 is 0 Å². The average Bonchev–Trinajstić information content (AvgIpc) is 2.93. The second kappa shape index (κ2) is 7.16. The van der Waals surface area contributed by atoms with Crippen molar-refractivity contribution in [2.75, 3.05) is 18.0 Å². The van der Waals surface area contributed by atoms with Gasteiger partial charge in [0.25, 0.3) is 0 Å². The fourth-order valence-corrected chi connectivity index (χ4v) is 8.13. The lowest BCUT2D eigenvalue weighted by atomic mass is 9.53. The van der Waals surface area contributed by atoms with Crippen LogP contribution in [-0.4, -0.2) is 41.3 Å². The Morgan fingerprint density at radius 1 is 0.871 bits per heavy atom. The first-order valence-corrected chi connectivity index (χ1v) is 12.7. The number of anilines is 1. The van der Waals surface area contributed by atoms with Crippen molar-refractivity contribution in [3.63, 3.8) is 0 Å². The molecule has 1 amide bonds. The normalized spacial score (nSPS) is 40.8. The van der Waals surface area contributed by atoms with Crippen molar-refractivity contribution < 1.29 is 4.79 Å². The fraction of sp³-hybridized carbons (Fsp3) is 0.704. The Hall–Kier alpha value is -1.68. The Balaban J connectivity index is 1.47. The highest BCUT2D eigenvalue weighted by Crippen LogP contribution is 2.58. The van der Waals surface area contributed by atoms with Crippen LogP contribution in [0.4, 0.5) is 5.69 Å². The molecular weight excluding hydrogens is 382 g/mol. The van der Waals surface area contributed by atoms with Crippen LogP contribution in [-0.2, 0) is 4.79 Å². The van der Waals surface area contributed by atoms with Crippen LogP contribution in [0.25, 0.3) is 0 Å². The van der Waals surface area contributed by atoms with E-state index in [2.05, 4.69) is 30.9 Å². The van der Waals surface area contributed by atoms with Crippen LogP contribution in [0.15, 0.2) is 35.3 Å². The minimum Gasteiger partial charge on any atom is -0.293 e. The number of rotatable bonds is 3. The van der Waals surface area contributed by atoms with Crippen LogP contribution in [0.2, 0.25) is 0 Å². The first-order valence-electron chi connectivity index (χ1n) is 12.7. The molecule has 0 aromatic heterocycles. The van der Waals surface area contributed by atoms with Crippen molar-refractivity contribution >= 4 is 17.4 Å². The predicted octanol–water partition coefficient (Wildman–Crippen LogP) is 5.28. The van der Waals surface area contributed by atoms with Gasteiger partial charge in [-0.05, 0) is 108 Å². The van der Waals surface area contributed by atoms with Gasteiger partial charge in [-0.3, -0.25) is 19.6 Å². The van der Waals surface area contributed by atoms with E-state index in [9.17, 15) is 4.79 Å². The van der Waals surface area contributed by atoms with Crippen molar-refractivity contribution in [1.82, 2.24) is 4.90 Å². The lowest BCUT2D eigenvalue weighted by Crippen LogP contribution is -2.53. The summed E-state index contributed by atoms with van der Waals surface area (Å²) in [4.78, 5) is 24.2. The molecule has 4 heteroatoms. The Morgan fingerprint density at radius 2 is 1.45 bits per heavy atom. The summed E-state index contributed by atoms with van der Waals surface area (Å²) in [6.45, 7) is 6.49. The summed E-state index contributed by atoms with van der Waals surface area (Å²) in [6, 6.07) is 10.4. The molecule has 0 spiro atoms. The summed E-state index contributed by atoms with van der Waals surface area (Å²) in [7, 11) is 0. The number of benzene rings is 1. The largest absolute Gasteiger partial charge is 0.293 e. The predicted molar refractivity (Wildman–Crippen MR) is 125 cm³/mol. The monoisotopic (exact) mass is 419 g/mol. The van der Waals surface area contributed by atoms with Gasteiger partial charge in [0, 0.05) is 0 Å². The maximum absolute atomic E-state index is 13.9. The molecule has 1 aromatic carbocycles. The summed E-state index contributed by atoms with van der Waals surface area (Å²) in [6.07, 6.45) is 11.8. The molecule has 6 fully saturated rings. The van der Waals surface area contributed by atoms with Gasteiger partial charge in [-0.1, -0.05) is 24.6 Å². The van der Waals surface area contributed by atoms with Crippen molar-refractivity contribution in [2.24, 2.45) is 28.2 Å². The second-order valence-electron chi connectivity index (χ2n) is 11.8. The minimum absolute atomic E-state index is 0.0752. The topological polar surface area (TPSA) is 35.9 Å². The standard InChI is InChI=1S/C27H37N3O/c1-26(2)23(29-11-7-4-8-12-29)24(30(25(26)31)22-9-5-3-6-10-22)28-27-16-19-13-20(17-27)15-21(14-19)18-27/h3,5-6,9-10,19-21,23H,4,7-8,11-18H2,1-2H3. The van der Waals surface area contributed by atoms with E-state index in [0.717, 1.165) is 42.4 Å². The van der Waals surface area contributed by atoms with Crippen molar-refractivity contribution in [1.29, 1.82) is 0 Å². The Bertz CT molecular complexity index is 848. The molecule has 0 N–H and O–H groups in total. The number of amides is 1. The number of aliphatic imine (C=N–C) groups is 1. The van der Waals surface area contributed by atoms with Crippen LogP contribution < -0.4 is 4.90 Å². The van der Waals surface area contributed by atoms with Gasteiger partial charge in [-0.2, -0.15) is 0 Å². The number of carbonyl (C=O) groups is 1. The molecule has 1 atom stereocenters. The van der Waals surface area contributed by atoms with Crippen molar-refractivity contribution in [2.45, 2.75) is 83.2 Å². The van der Waals surface area contributed by atoms with E-state index in [1.165, 1.54) is 57.8 Å². The third-order valence-corrected chi connectivity index (χ3v) is 9.04. The number of likely N-dealkylation sites (tertiary alicyclic amines) is 1. The molecule has 1 unspecified atom stereocenters. The molecule has 1 aromatic rings. The lowest BCUT2D eigenvalue weighted by molar-refractivity contribution is -0.125. The molecule has 4 bridgehead atoms. The SMILES string of the molecule is CC1(C)C(=O)N(c2ccccc2)C(=NC23CC4CC(CC(C4)C2)C3)C1N1CCCCC1. The van der Waals surface area contributed by atoms with Crippen LogP contribution in [0.1, 0.15) is 71.6 Å². The number of hydrogen-bond donors (Lipinski definition) is 0. The molecule has 7 rings (SSSR count). The van der Waals surface area contributed by atoms with E-state index < -0.39 is 5.41 Å². The average molecular weight is 420 g/mol. The molecule has 166 valence electrons. The highest BCUT2D eigenvalue weighted by molar-refractivity contribution is 6.27. The Morgan fingerprint density at radius 3 is 2.03 bits per heavy atom. The van der Waals surface area contributed by atoms with Crippen molar-refractivity contribution in [3.8, 4) is 0 Å². The molecule has 4 saturated carbocycles. The van der Waals surface area contributed by atoms with Gasteiger partial charge in [0.15, 0.2) is 0 Å². The number of amidine groups is 1. The molecule has 4 nitrogen and oxygen atoms in total. The second-order valence-corrected chi connectivity index (χ2v) is 11.8. The zero-order valence-corrected chi connectivity index (χ0v) is 19.2. The maximum Gasteiger partial charge on any atom is 0.240 e. The summed E-state index contributed by atoms with van der Waals surface area (Å²) in [5, 5.41) is 0. The van der Waals surface area contributed by atoms with Gasteiger partial charge >= 0.3 is 0 Å². The number of hydrogen-bond acceptors (Lipinski definition) is 3. The van der Waals surface area contributed by atoms with Crippen LogP contribution in [0.5, 0.6) is 0 Å². The molecule has 2 heterocycles. The van der Waals surface area contributed by atoms with Crippen molar-refractivity contribution in [3.05, 3.63) is 30.3 Å². The molecule has 6 aliphatic rings. The molecule has 2 saturated heterocycles. The van der Waals surface area contributed by atoms with E-state index in [0.29, 0.717) is 0 Å². The minimum atomic E-state index is -0.450. The Kier molecular flexibility index (Phi) is 4.61. The summed E-state index contributed by atoms with van der Waals surface area (Å²) in [5.74, 6) is 3.86. The van der Waals surface area contributed by atoms with Gasteiger partial charge in [-0.25, -0.2) is 0 Å².